The number of aromatic amines is 1. The molecule has 1 aliphatic heterocycles. The molecular weight excluding hydrogens is 322 g/mol. The highest BCUT2D eigenvalue weighted by Crippen LogP contribution is 2.21. The summed E-state index contributed by atoms with van der Waals surface area (Å²) in [6.07, 6.45) is 1.47. The maximum Gasteiger partial charge on any atom is 0.289 e. The second-order valence-electron chi connectivity index (χ2n) is 6.24. The Morgan fingerprint density at radius 2 is 1.64 bits per heavy atom. The lowest BCUT2D eigenvalue weighted by molar-refractivity contribution is 0.0517. The summed E-state index contributed by atoms with van der Waals surface area (Å²) >= 11 is 0. The third-order valence-electron chi connectivity index (χ3n) is 4.59. The number of carbonyl (C=O) groups is 3. The van der Waals surface area contributed by atoms with E-state index < -0.39 is 0 Å². The first-order valence-corrected chi connectivity index (χ1v) is 8.22. The van der Waals surface area contributed by atoms with Crippen LogP contribution in [0.25, 0.3) is 0 Å². The van der Waals surface area contributed by atoms with Crippen molar-refractivity contribution in [1.29, 1.82) is 0 Å². The van der Waals surface area contributed by atoms with Crippen LogP contribution in [0.5, 0.6) is 0 Å². The van der Waals surface area contributed by atoms with Crippen LogP contribution in [0.2, 0.25) is 0 Å². The van der Waals surface area contributed by atoms with E-state index in [-0.39, 0.29) is 17.6 Å². The number of rotatable bonds is 3. The Morgan fingerprint density at radius 3 is 2.12 bits per heavy atom. The molecule has 0 aliphatic carbocycles. The Labute approximate surface area is 145 Å². The van der Waals surface area contributed by atoms with Gasteiger partial charge in [0.2, 0.25) is 0 Å². The first kappa shape index (κ1) is 17.0. The van der Waals surface area contributed by atoms with Crippen molar-refractivity contribution >= 4 is 17.6 Å². The van der Waals surface area contributed by atoms with Crippen LogP contribution >= 0.6 is 0 Å². The van der Waals surface area contributed by atoms with E-state index in [1.54, 1.807) is 35.8 Å². The van der Waals surface area contributed by atoms with Gasteiger partial charge in [0.25, 0.3) is 11.8 Å². The van der Waals surface area contributed by atoms with Gasteiger partial charge in [0.05, 0.1) is 17.5 Å². The van der Waals surface area contributed by atoms with E-state index in [1.807, 2.05) is 0 Å². The summed E-state index contributed by atoms with van der Waals surface area (Å²) in [5.74, 6) is -0.0504. The predicted octanol–water partition coefficient (Wildman–Crippen LogP) is 2.03. The number of H-pyrrole nitrogens is 1. The minimum absolute atomic E-state index is 0.0893. The van der Waals surface area contributed by atoms with Crippen LogP contribution in [0.3, 0.4) is 0 Å². The van der Waals surface area contributed by atoms with Crippen molar-refractivity contribution < 1.29 is 18.8 Å². The summed E-state index contributed by atoms with van der Waals surface area (Å²) < 4.78 is 5.14. The minimum Gasteiger partial charge on any atom is -0.459 e. The lowest BCUT2D eigenvalue weighted by atomic mass is 10.1. The maximum atomic E-state index is 12.9. The molecule has 1 N–H and O–H groups in total. The zero-order valence-corrected chi connectivity index (χ0v) is 14.6. The molecule has 25 heavy (non-hydrogen) atoms. The van der Waals surface area contributed by atoms with E-state index in [0.717, 1.165) is 0 Å². The van der Waals surface area contributed by atoms with E-state index in [0.29, 0.717) is 54.5 Å². The van der Waals surface area contributed by atoms with Crippen molar-refractivity contribution in [3.63, 3.8) is 0 Å². The molecule has 2 aromatic heterocycles. The summed E-state index contributed by atoms with van der Waals surface area (Å²) in [6.45, 7) is 6.86. The van der Waals surface area contributed by atoms with Gasteiger partial charge in [-0.1, -0.05) is 0 Å². The van der Waals surface area contributed by atoms with E-state index in [9.17, 15) is 14.4 Å². The number of hydrogen-bond acceptors (Lipinski definition) is 4. The van der Waals surface area contributed by atoms with E-state index in [4.69, 9.17) is 4.42 Å². The highest BCUT2D eigenvalue weighted by Gasteiger charge is 2.29. The largest absolute Gasteiger partial charge is 0.459 e. The molecule has 3 rings (SSSR count). The van der Waals surface area contributed by atoms with Crippen molar-refractivity contribution in [1.82, 2.24) is 14.8 Å². The molecule has 1 fully saturated rings. The second-order valence-corrected chi connectivity index (χ2v) is 6.24. The van der Waals surface area contributed by atoms with Gasteiger partial charge in [-0.05, 0) is 31.5 Å². The number of ketones is 1. The molecule has 0 unspecified atom stereocenters. The van der Waals surface area contributed by atoms with Crippen LogP contribution in [-0.4, -0.2) is 58.6 Å². The molecule has 2 aromatic rings. The average molecular weight is 343 g/mol. The Morgan fingerprint density at radius 1 is 1.04 bits per heavy atom. The fourth-order valence-electron chi connectivity index (χ4n) is 3.25. The number of furan rings is 1. The van der Waals surface area contributed by atoms with Crippen molar-refractivity contribution in [3.8, 4) is 0 Å². The monoisotopic (exact) mass is 343 g/mol. The Kier molecular flexibility index (Phi) is 4.48. The van der Waals surface area contributed by atoms with Gasteiger partial charge in [-0.2, -0.15) is 0 Å². The predicted molar refractivity (Wildman–Crippen MR) is 90.8 cm³/mol. The number of hydrogen-bond donors (Lipinski definition) is 1. The lowest BCUT2D eigenvalue weighted by Crippen LogP contribution is -2.50. The van der Waals surface area contributed by atoms with Gasteiger partial charge in [-0.25, -0.2) is 0 Å². The smallest absolute Gasteiger partial charge is 0.289 e. The molecule has 132 valence electrons. The molecule has 0 spiro atoms. The zero-order chi connectivity index (χ0) is 18.1. The summed E-state index contributed by atoms with van der Waals surface area (Å²) in [5.41, 5.74) is 2.41. The molecule has 0 aromatic carbocycles. The standard InChI is InChI=1S/C18H21N3O4/c1-11-15(12(2)19-16(11)13(3)22)18(24)21-8-6-20(7-9-21)17(23)14-5-4-10-25-14/h4-5,10,19H,6-9H2,1-3H3. The van der Waals surface area contributed by atoms with E-state index >= 15 is 0 Å². The number of carbonyl (C=O) groups excluding carboxylic acids is 3. The minimum atomic E-state index is -0.162. The van der Waals surface area contributed by atoms with Gasteiger partial charge in [0, 0.05) is 38.8 Å². The van der Waals surface area contributed by atoms with Gasteiger partial charge < -0.3 is 19.2 Å². The van der Waals surface area contributed by atoms with Crippen molar-refractivity contribution in [3.05, 3.63) is 46.7 Å². The first-order valence-electron chi connectivity index (χ1n) is 8.22. The van der Waals surface area contributed by atoms with Crippen molar-refractivity contribution in [2.24, 2.45) is 0 Å². The molecule has 1 aliphatic rings. The molecule has 0 saturated carbocycles. The van der Waals surface area contributed by atoms with Crippen LogP contribution in [0.15, 0.2) is 22.8 Å². The number of amides is 2. The molecule has 1 saturated heterocycles. The zero-order valence-electron chi connectivity index (χ0n) is 14.6. The van der Waals surface area contributed by atoms with E-state index in [1.165, 1.54) is 13.2 Å². The molecule has 0 bridgehead atoms. The fourth-order valence-corrected chi connectivity index (χ4v) is 3.25. The third kappa shape index (κ3) is 3.09. The Balaban J connectivity index is 1.70. The molecule has 0 atom stereocenters. The SMILES string of the molecule is CC(=O)c1[nH]c(C)c(C(=O)N2CCN(C(=O)c3ccco3)CC2)c1C. The number of nitrogens with zero attached hydrogens (tertiary/aromatic N) is 2. The van der Waals surface area contributed by atoms with Crippen LogP contribution in [0.4, 0.5) is 0 Å². The number of aromatic nitrogens is 1. The van der Waals surface area contributed by atoms with Gasteiger partial charge >= 0.3 is 0 Å². The maximum absolute atomic E-state index is 12.9. The Hall–Kier alpha value is -2.83. The average Bonchev–Trinajstić information content (AvgIpc) is 3.22. The molecular formula is C18H21N3O4. The number of nitrogens with one attached hydrogen (secondary N) is 1. The van der Waals surface area contributed by atoms with Crippen LogP contribution in [-0.2, 0) is 0 Å². The molecule has 0 radical (unpaired) electrons. The number of aryl methyl sites for hydroxylation is 1. The van der Waals surface area contributed by atoms with Crippen molar-refractivity contribution in [2.75, 3.05) is 26.2 Å². The topological polar surface area (TPSA) is 86.6 Å². The quantitative estimate of drug-likeness (QED) is 0.864. The second kappa shape index (κ2) is 6.58. The summed E-state index contributed by atoms with van der Waals surface area (Å²) in [7, 11) is 0. The molecule has 7 heteroatoms. The summed E-state index contributed by atoms with van der Waals surface area (Å²) in [5, 5.41) is 0. The van der Waals surface area contributed by atoms with Gasteiger partial charge in [-0.15, -0.1) is 0 Å². The van der Waals surface area contributed by atoms with E-state index in [2.05, 4.69) is 4.98 Å². The van der Waals surface area contributed by atoms with Crippen LogP contribution in [0.1, 0.15) is 49.6 Å². The molecule has 3 heterocycles. The molecule has 2 amide bonds. The number of Topliss-reactive ketones (excluding diaryl/α,β-unsaturated/α-hetero) is 1. The first-order chi connectivity index (χ1) is 11.9. The highest BCUT2D eigenvalue weighted by atomic mass is 16.3. The van der Waals surface area contributed by atoms with Gasteiger partial charge in [-0.3, -0.25) is 14.4 Å². The summed E-state index contributed by atoms with van der Waals surface area (Å²) in [6, 6.07) is 3.31. The highest BCUT2D eigenvalue weighted by molar-refractivity contribution is 6.02. The molecule has 7 nitrogen and oxygen atoms in total. The van der Waals surface area contributed by atoms with Crippen LogP contribution in [0, 0.1) is 13.8 Å². The lowest BCUT2D eigenvalue weighted by Gasteiger charge is -2.34. The van der Waals surface area contributed by atoms with Gasteiger partial charge in [0.1, 0.15) is 0 Å². The van der Waals surface area contributed by atoms with Gasteiger partial charge in [0.15, 0.2) is 11.5 Å². The normalized spacial score (nSPS) is 14.7. The summed E-state index contributed by atoms with van der Waals surface area (Å²) in [4.78, 5) is 43.2. The number of piperazine rings is 1. The third-order valence-corrected chi connectivity index (χ3v) is 4.59. The van der Waals surface area contributed by atoms with Crippen molar-refractivity contribution in [2.45, 2.75) is 20.8 Å². The Bertz CT molecular complexity index is 812. The fraction of sp³-hybridized carbons (Fsp3) is 0.389. The van der Waals surface area contributed by atoms with Crippen LogP contribution < -0.4 is 0 Å².